The van der Waals surface area contributed by atoms with Crippen molar-refractivity contribution in [1.29, 1.82) is 0 Å². The summed E-state index contributed by atoms with van der Waals surface area (Å²) in [5.41, 5.74) is 1.14. The van der Waals surface area contributed by atoms with Crippen molar-refractivity contribution < 1.29 is 14.1 Å². The molecular formula is C21H30N6O3. The molecule has 2 N–H and O–H groups in total. The Morgan fingerprint density at radius 3 is 2.43 bits per heavy atom. The highest BCUT2D eigenvalue weighted by Crippen LogP contribution is 2.21. The van der Waals surface area contributed by atoms with Crippen LogP contribution in [0.15, 0.2) is 34.9 Å². The number of aromatic nitrogens is 2. The van der Waals surface area contributed by atoms with Crippen molar-refractivity contribution in [3.8, 4) is 0 Å². The lowest BCUT2D eigenvalue weighted by Gasteiger charge is -2.38. The number of hydrogen-bond acceptors (Lipinski definition) is 7. The van der Waals surface area contributed by atoms with Gasteiger partial charge in [-0.3, -0.25) is 19.9 Å². The third-order valence-corrected chi connectivity index (χ3v) is 5.44. The zero-order valence-corrected chi connectivity index (χ0v) is 17.8. The number of piperazine rings is 1. The molecule has 9 nitrogen and oxygen atoms in total. The van der Waals surface area contributed by atoms with E-state index in [9.17, 15) is 9.59 Å². The van der Waals surface area contributed by atoms with Gasteiger partial charge in [0.25, 0.3) is 0 Å². The first-order valence-corrected chi connectivity index (χ1v) is 10.4. The summed E-state index contributed by atoms with van der Waals surface area (Å²) in [6, 6.07) is 9.24. The Balaban J connectivity index is 1.50. The Labute approximate surface area is 176 Å². The summed E-state index contributed by atoms with van der Waals surface area (Å²) in [7, 11) is 0. The van der Waals surface area contributed by atoms with Crippen LogP contribution >= 0.6 is 0 Å². The molecule has 1 aromatic heterocycles. The van der Waals surface area contributed by atoms with Gasteiger partial charge in [0.1, 0.15) is 0 Å². The second kappa shape index (κ2) is 10.3. The normalized spacial score (nSPS) is 17.3. The molecular weight excluding hydrogens is 384 g/mol. The number of nitrogens with zero attached hydrogens (tertiary/aromatic N) is 4. The van der Waals surface area contributed by atoms with Crippen LogP contribution in [0.25, 0.3) is 0 Å². The molecule has 0 saturated carbocycles. The molecule has 2 heterocycles. The van der Waals surface area contributed by atoms with E-state index in [1.807, 2.05) is 44.2 Å². The molecule has 162 valence electrons. The van der Waals surface area contributed by atoms with Gasteiger partial charge < -0.3 is 9.84 Å². The number of urea groups is 1. The molecule has 1 fully saturated rings. The summed E-state index contributed by atoms with van der Waals surface area (Å²) in [5, 5.41) is 9.08. The zero-order valence-electron chi connectivity index (χ0n) is 17.8. The summed E-state index contributed by atoms with van der Waals surface area (Å²) in [4.78, 5) is 32.7. The van der Waals surface area contributed by atoms with Gasteiger partial charge in [0.05, 0.1) is 12.1 Å². The van der Waals surface area contributed by atoms with E-state index in [4.69, 9.17) is 4.52 Å². The largest absolute Gasteiger partial charge is 0.338 e. The average Bonchev–Trinajstić information content (AvgIpc) is 3.22. The van der Waals surface area contributed by atoms with E-state index < -0.39 is 6.03 Å². The first kappa shape index (κ1) is 21.9. The number of nitrogens with one attached hydrogen (secondary N) is 2. The Morgan fingerprint density at radius 2 is 1.77 bits per heavy atom. The first-order valence-electron chi connectivity index (χ1n) is 10.4. The topological polar surface area (TPSA) is 104 Å². The molecule has 9 heteroatoms. The molecule has 0 unspecified atom stereocenters. The minimum Gasteiger partial charge on any atom is -0.338 e. The van der Waals surface area contributed by atoms with E-state index in [1.165, 1.54) is 0 Å². The lowest BCUT2D eigenvalue weighted by Crippen LogP contribution is -2.55. The lowest BCUT2D eigenvalue weighted by atomic mass is 10.1. The van der Waals surface area contributed by atoms with Gasteiger partial charge in [-0.2, -0.15) is 4.98 Å². The fourth-order valence-electron chi connectivity index (χ4n) is 3.54. The van der Waals surface area contributed by atoms with Gasteiger partial charge in [-0.05, 0) is 26.3 Å². The molecule has 30 heavy (non-hydrogen) atoms. The van der Waals surface area contributed by atoms with E-state index in [1.54, 1.807) is 0 Å². The monoisotopic (exact) mass is 414 g/mol. The number of rotatable bonds is 7. The number of carbonyl (C=O) groups excluding carboxylic acids is 2. The van der Waals surface area contributed by atoms with Crippen molar-refractivity contribution in [2.45, 2.75) is 39.3 Å². The third kappa shape index (κ3) is 5.64. The van der Waals surface area contributed by atoms with Gasteiger partial charge >= 0.3 is 6.03 Å². The minimum absolute atomic E-state index is 0.00337. The van der Waals surface area contributed by atoms with Gasteiger partial charge in [-0.15, -0.1) is 0 Å². The van der Waals surface area contributed by atoms with Crippen LogP contribution in [-0.4, -0.2) is 70.6 Å². The van der Waals surface area contributed by atoms with E-state index in [-0.39, 0.29) is 18.0 Å². The highest BCUT2D eigenvalue weighted by atomic mass is 16.5. The Kier molecular flexibility index (Phi) is 7.53. The lowest BCUT2D eigenvalue weighted by molar-refractivity contribution is -0.125. The van der Waals surface area contributed by atoms with Crippen molar-refractivity contribution in [2.24, 2.45) is 0 Å². The van der Waals surface area contributed by atoms with E-state index in [0.29, 0.717) is 24.7 Å². The predicted octanol–water partition coefficient (Wildman–Crippen LogP) is 1.57. The maximum absolute atomic E-state index is 12.3. The SMILES string of the molecule is CCNC(=O)NC(=O)[C@H](C)N1CCN([C@H](C)c2nc(Cc3ccccc3)no2)CC1. The Morgan fingerprint density at radius 1 is 1.10 bits per heavy atom. The molecule has 0 spiro atoms. The number of benzene rings is 1. The van der Waals surface area contributed by atoms with E-state index in [2.05, 4.69) is 37.5 Å². The molecule has 2 atom stereocenters. The van der Waals surface area contributed by atoms with Gasteiger partial charge in [0.2, 0.25) is 11.8 Å². The van der Waals surface area contributed by atoms with Gasteiger partial charge in [-0.1, -0.05) is 35.5 Å². The molecule has 1 saturated heterocycles. The van der Waals surface area contributed by atoms with E-state index in [0.717, 1.165) is 31.7 Å². The highest BCUT2D eigenvalue weighted by molar-refractivity contribution is 5.96. The number of imide groups is 1. The molecule has 1 aliphatic rings. The summed E-state index contributed by atoms with van der Waals surface area (Å²) in [6.07, 6.45) is 0.642. The van der Waals surface area contributed by atoms with Crippen molar-refractivity contribution in [1.82, 2.24) is 30.6 Å². The molecule has 1 aliphatic heterocycles. The van der Waals surface area contributed by atoms with Crippen molar-refractivity contribution in [3.05, 3.63) is 47.6 Å². The molecule has 3 rings (SSSR count). The van der Waals surface area contributed by atoms with Crippen LogP contribution in [0.2, 0.25) is 0 Å². The van der Waals surface area contributed by atoms with Gasteiger partial charge in [0.15, 0.2) is 5.82 Å². The third-order valence-electron chi connectivity index (χ3n) is 5.44. The van der Waals surface area contributed by atoms with Crippen LogP contribution in [-0.2, 0) is 11.2 Å². The van der Waals surface area contributed by atoms with Crippen molar-refractivity contribution in [2.75, 3.05) is 32.7 Å². The maximum Gasteiger partial charge on any atom is 0.321 e. The number of carbonyl (C=O) groups is 2. The van der Waals surface area contributed by atoms with Gasteiger partial charge in [-0.25, -0.2) is 4.79 Å². The fraction of sp³-hybridized carbons (Fsp3) is 0.524. The first-order chi connectivity index (χ1) is 14.5. The van der Waals surface area contributed by atoms with Crippen molar-refractivity contribution >= 4 is 11.9 Å². The zero-order chi connectivity index (χ0) is 21.5. The predicted molar refractivity (Wildman–Crippen MR) is 112 cm³/mol. The van der Waals surface area contributed by atoms with E-state index >= 15 is 0 Å². The van der Waals surface area contributed by atoms with Crippen LogP contribution in [0.1, 0.15) is 44.1 Å². The Bertz CT molecular complexity index is 832. The quantitative estimate of drug-likeness (QED) is 0.709. The summed E-state index contributed by atoms with van der Waals surface area (Å²) in [5.74, 6) is 0.999. The standard InChI is InChI=1S/C21H30N6O3/c1-4-22-21(29)24-19(28)15(2)26-10-12-27(13-11-26)16(3)20-23-18(25-30-20)14-17-8-6-5-7-9-17/h5-9,15-16H,4,10-14H2,1-3H3,(H2,22,24,28,29)/t15-,16+/m0/s1. The average molecular weight is 415 g/mol. The highest BCUT2D eigenvalue weighted by Gasteiger charge is 2.30. The summed E-state index contributed by atoms with van der Waals surface area (Å²) in [6.45, 7) is 9.16. The second-order valence-corrected chi connectivity index (χ2v) is 7.48. The Hall–Kier alpha value is -2.78. The fourth-order valence-corrected chi connectivity index (χ4v) is 3.54. The van der Waals surface area contributed by atoms with Crippen molar-refractivity contribution in [3.63, 3.8) is 0 Å². The second-order valence-electron chi connectivity index (χ2n) is 7.48. The summed E-state index contributed by atoms with van der Waals surface area (Å²) < 4.78 is 5.51. The van der Waals surface area contributed by atoms with Crippen LogP contribution in [0.4, 0.5) is 4.79 Å². The number of hydrogen-bond donors (Lipinski definition) is 2. The van der Waals surface area contributed by atoms with Crippen LogP contribution in [0, 0.1) is 0 Å². The molecule has 0 radical (unpaired) electrons. The molecule has 0 aliphatic carbocycles. The summed E-state index contributed by atoms with van der Waals surface area (Å²) >= 11 is 0. The molecule has 2 aromatic rings. The van der Waals surface area contributed by atoms with Crippen LogP contribution in [0.5, 0.6) is 0 Å². The smallest absolute Gasteiger partial charge is 0.321 e. The molecule has 0 bridgehead atoms. The minimum atomic E-state index is -0.454. The number of amides is 3. The van der Waals surface area contributed by atoms with Crippen LogP contribution < -0.4 is 10.6 Å². The van der Waals surface area contributed by atoms with Gasteiger partial charge in [0, 0.05) is 39.1 Å². The molecule has 1 aromatic carbocycles. The van der Waals surface area contributed by atoms with Crippen LogP contribution in [0.3, 0.4) is 0 Å². The maximum atomic E-state index is 12.3. The molecule has 3 amide bonds.